The standard InChI is InChI=1S/C28H37NO/c1-5-27(19-12-13-20-27)28(30,25-17-10-7-11-18-25)21-14-22-29(26(2,3)4)23-24-15-8-6-9-16-24/h6-11,15-18,30H,5,12-13,19-20,22-23H2,1-4H3/t28-/m0/s1. The van der Waals surface area contributed by atoms with E-state index in [1.807, 2.05) is 30.3 Å². The van der Waals surface area contributed by atoms with Gasteiger partial charge in [0.1, 0.15) is 0 Å². The van der Waals surface area contributed by atoms with E-state index < -0.39 is 5.60 Å². The minimum Gasteiger partial charge on any atom is -0.373 e. The molecule has 1 saturated carbocycles. The number of hydrogen-bond donors (Lipinski definition) is 1. The van der Waals surface area contributed by atoms with Crippen molar-refractivity contribution in [3.63, 3.8) is 0 Å². The van der Waals surface area contributed by atoms with Gasteiger partial charge in [-0.2, -0.15) is 0 Å². The van der Waals surface area contributed by atoms with Gasteiger partial charge in [0.25, 0.3) is 0 Å². The van der Waals surface area contributed by atoms with Crippen LogP contribution in [0.1, 0.15) is 70.9 Å². The fourth-order valence-corrected chi connectivity index (χ4v) is 4.81. The van der Waals surface area contributed by atoms with E-state index in [0.29, 0.717) is 6.54 Å². The van der Waals surface area contributed by atoms with Gasteiger partial charge in [-0.3, -0.25) is 4.90 Å². The maximum atomic E-state index is 12.0. The fraction of sp³-hybridized carbons (Fsp3) is 0.500. The molecule has 0 aromatic heterocycles. The van der Waals surface area contributed by atoms with Crippen LogP contribution in [0.25, 0.3) is 0 Å². The van der Waals surface area contributed by atoms with Gasteiger partial charge in [-0.05, 0) is 51.2 Å². The molecule has 2 aromatic carbocycles. The fourth-order valence-electron chi connectivity index (χ4n) is 4.81. The van der Waals surface area contributed by atoms with E-state index in [0.717, 1.165) is 31.4 Å². The summed E-state index contributed by atoms with van der Waals surface area (Å²) in [5.74, 6) is 6.81. The van der Waals surface area contributed by atoms with Crippen LogP contribution in [0, 0.1) is 17.3 Å². The van der Waals surface area contributed by atoms with Crippen LogP contribution in [-0.4, -0.2) is 22.1 Å². The molecule has 30 heavy (non-hydrogen) atoms. The molecule has 0 amide bonds. The van der Waals surface area contributed by atoms with Crippen LogP contribution in [-0.2, 0) is 12.1 Å². The summed E-state index contributed by atoms with van der Waals surface area (Å²) in [5.41, 5.74) is 0.953. The summed E-state index contributed by atoms with van der Waals surface area (Å²) in [5, 5.41) is 12.0. The quantitative estimate of drug-likeness (QED) is 0.585. The predicted octanol–water partition coefficient (Wildman–Crippen LogP) is 6.15. The van der Waals surface area contributed by atoms with Crippen molar-refractivity contribution in [2.24, 2.45) is 5.41 Å². The zero-order chi connectivity index (χ0) is 21.7. The summed E-state index contributed by atoms with van der Waals surface area (Å²) in [6.45, 7) is 10.4. The number of aliphatic hydroxyl groups is 1. The average molecular weight is 404 g/mol. The average Bonchev–Trinajstić information content (AvgIpc) is 3.24. The second kappa shape index (κ2) is 9.38. The highest BCUT2D eigenvalue weighted by Crippen LogP contribution is 2.53. The maximum absolute atomic E-state index is 12.0. The van der Waals surface area contributed by atoms with Gasteiger partial charge in [-0.1, -0.05) is 92.3 Å². The third-order valence-corrected chi connectivity index (χ3v) is 6.90. The molecule has 0 unspecified atom stereocenters. The Bertz CT molecular complexity index is 850. The van der Waals surface area contributed by atoms with E-state index in [4.69, 9.17) is 0 Å². The smallest absolute Gasteiger partial charge is 0.156 e. The molecule has 0 bridgehead atoms. The van der Waals surface area contributed by atoms with E-state index in [9.17, 15) is 5.11 Å². The van der Waals surface area contributed by atoms with Gasteiger partial charge in [0.2, 0.25) is 0 Å². The zero-order valence-electron chi connectivity index (χ0n) is 19.1. The SMILES string of the molecule is CCC1([C@](O)(C#CCN(Cc2ccccc2)C(C)(C)C)c2ccccc2)CCCC1. The lowest BCUT2D eigenvalue weighted by molar-refractivity contribution is -0.0423. The Morgan fingerprint density at radius 2 is 1.50 bits per heavy atom. The van der Waals surface area contributed by atoms with E-state index in [1.165, 1.54) is 18.4 Å². The molecule has 0 spiro atoms. The molecule has 1 aliphatic carbocycles. The zero-order valence-corrected chi connectivity index (χ0v) is 19.1. The molecule has 1 N–H and O–H groups in total. The van der Waals surface area contributed by atoms with Crippen molar-refractivity contribution >= 4 is 0 Å². The van der Waals surface area contributed by atoms with Crippen molar-refractivity contribution in [2.75, 3.05) is 6.54 Å². The van der Waals surface area contributed by atoms with Gasteiger partial charge in [-0.25, -0.2) is 0 Å². The molecule has 3 rings (SSSR count). The van der Waals surface area contributed by atoms with Crippen LogP contribution < -0.4 is 0 Å². The van der Waals surface area contributed by atoms with E-state index in [2.05, 4.69) is 74.8 Å². The second-order valence-electron chi connectivity index (χ2n) is 9.73. The maximum Gasteiger partial charge on any atom is 0.156 e. The van der Waals surface area contributed by atoms with E-state index in [1.54, 1.807) is 0 Å². The number of rotatable bonds is 6. The third-order valence-electron chi connectivity index (χ3n) is 6.90. The van der Waals surface area contributed by atoms with Crippen LogP contribution in [0.5, 0.6) is 0 Å². The molecular weight excluding hydrogens is 366 g/mol. The first-order valence-corrected chi connectivity index (χ1v) is 11.4. The molecule has 1 aliphatic rings. The van der Waals surface area contributed by atoms with Crippen molar-refractivity contribution in [1.82, 2.24) is 4.90 Å². The van der Waals surface area contributed by atoms with Gasteiger partial charge >= 0.3 is 0 Å². The Morgan fingerprint density at radius 1 is 0.933 bits per heavy atom. The summed E-state index contributed by atoms with van der Waals surface area (Å²) in [6, 6.07) is 20.7. The van der Waals surface area contributed by atoms with Crippen molar-refractivity contribution in [2.45, 2.75) is 77.5 Å². The molecular formula is C28H37NO. The highest BCUT2D eigenvalue weighted by molar-refractivity contribution is 5.36. The predicted molar refractivity (Wildman–Crippen MR) is 126 cm³/mol. The van der Waals surface area contributed by atoms with Crippen LogP contribution in [0.15, 0.2) is 60.7 Å². The first-order valence-electron chi connectivity index (χ1n) is 11.4. The van der Waals surface area contributed by atoms with Crippen molar-refractivity contribution in [3.8, 4) is 11.8 Å². The topological polar surface area (TPSA) is 23.5 Å². The molecule has 0 saturated heterocycles. The largest absolute Gasteiger partial charge is 0.373 e. The minimum absolute atomic E-state index is 0.00874. The summed E-state index contributed by atoms with van der Waals surface area (Å²) >= 11 is 0. The number of nitrogens with zero attached hydrogens (tertiary/aromatic N) is 1. The lowest BCUT2D eigenvalue weighted by Gasteiger charge is -2.42. The van der Waals surface area contributed by atoms with Crippen LogP contribution in [0.4, 0.5) is 0 Å². The Hall–Kier alpha value is -2.08. The molecule has 2 heteroatoms. The lowest BCUT2D eigenvalue weighted by Crippen LogP contribution is -2.44. The Kier molecular flexibility index (Phi) is 7.06. The van der Waals surface area contributed by atoms with Gasteiger partial charge < -0.3 is 5.11 Å². The molecule has 1 fully saturated rings. The molecule has 0 radical (unpaired) electrons. The van der Waals surface area contributed by atoms with Crippen LogP contribution >= 0.6 is 0 Å². The molecule has 0 aliphatic heterocycles. The van der Waals surface area contributed by atoms with Gasteiger partial charge in [-0.15, -0.1) is 0 Å². The highest BCUT2D eigenvalue weighted by Gasteiger charge is 2.50. The first-order chi connectivity index (χ1) is 14.3. The van der Waals surface area contributed by atoms with Gasteiger partial charge in [0, 0.05) is 17.5 Å². The van der Waals surface area contributed by atoms with Crippen molar-refractivity contribution in [3.05, 3.63) is 71.8 Å². The minimum atomic E-state index is -1.10. The van der Waals surface area contributed by atoms with Crippen molar-refractivity contribution < 1.29 is 5.11 Å². The summed E-state index contributed by atoms with van der Waals surface area (Å²) in [4.78, 5) is 2.38. The van der Waals surface area contributed by atoms with Gasteiger partial charge in [0.05, 0.1) is 6.54 Å². The summed E-state index contributed by atoms with van der Waals surface area (Å²) < 4.78 is 0. The summed E-state index contributed by atoms with van der Waals surface area (Å²) in [7, 11) is 0. The summed E-state index contributed by atoms with van der Waals surface area (Å²) in [6.07, 6.45) is 5.37. The second-order valence-corrected chi connectivity index (χ2v) is 9.73. The third kappa shape index (κ3) is 4.80. The lowest BCUT2D eigenvalue weighted by atomic mass is 9.65. The van der Waals surface area contributed by atoms with Crippen LogP contribution in [0.2, 0.25) is 0 Å². The number of benzene rings is 2. The molecule has 160 valence electrons. The number of hydrogen-bond acceptors (Lipinski definition) is 2. The highest BCUT2D eigenvalue weighted by atomic mass is 16.3. The van der Waals surface area contributed by atoms with E-state index in [-0.39, 0.29) is 11.0 Å². The Morgan fingerprint density at radius 3 is 2.03 bits per heavy atom. The van der Waals surface area contributed by atoms with E-state index >= 15 is 0 Å². The molecule has 2 aromatic rings. The molecule has 0 heterocycles. The Balaban J connectivity index is 1.91. The van der Waals surface area contributed by atoms with Crippen LogP contribution in [0.3, 0.4) is 0 Å². The normalized spacial score (nSPS) is 17.9. The molecule has 1 atom stereocenters. The first kappa shape index (κ1) is 22.6. The van der Waals surface area contributed by atoms with Crippen molar-refractivity contribution in [1.29, 1.82) is 0 Å². The molecule has 2 nitrogen and oxygen atoms in total. The monoisotopic (exact) mass is 403 g/mol. The Labute approximate surface area is 183 Å². The van der Waals surface area contributed by atoms with Gasteiger partial charge in [0.15, 0.2) is 5.60 Å².